The van der Waals surface area contributed by atoms with E-state index in [0.29, 0.717) is 15.9 Å². The van der Waals surface area contributed by atoms with E-state index in [4.69, 9.17) is 28.2 Å². The molecule has 0 unspecified atom stereocenters. The van der Waals surface area contributed by atoms with E-state index in [1.54, 1.807) is 6.21 Å². The van der Waals surface area contributed by atoms with Crippen LogP contribution in [0.2, 0.25) is 5.02 Å². The van der Waals surface area contributed by atoms with Gasteiger partial charge in [0.2, 0.25) is 0 Å². The van der Waals surface area contributed by atoms with Crippen molar-refractivity contribution < 1.29 is 4.42 Å². The van der Waals surface area contributed by atoms with E-state index in [1.807, 2.05) is 43.3 Å². The van der Waals surface area contributed by atoms with Crippen molar-refractivity contribution in [2.75, 3.05) is 6.54 Å². The van der Waals surface area contributed by atoms with Crippen molar-refractivity contribution in [1.82, 2.24) is 10.7 Å². The van der Waals surface area contributed by atoms with E-state index < -0.39 is 0 Å². The highest BCUT2D eigenvalue weighted by atomic mass is 35.5. The summed E-state index contributed by atoms with van der Waals surface area (Å²) in [5.74, 6) is 0.651. The van der Waals surface area contributed by atoms with Gasteiger partial charge in [-0.15, -0.1) is 0 Å². The van der Waals surface area contributed by atoms with Crippen molar-refractivity contribution in [3.8, 4) is 0 Å². The molecule has 0 bridgehead atoms. The molecule has 2 N–H and O–H groups in total. The van der Waals surface area contributed by atoms with Crippen LogP contribution in [0.4, 0.5) is 0 Å². The second-order valence-electron chi connectivity index (χ2n) is 3.94. The summed E-state index contributed by atoms with van der Waals surface area (Å²) in [6.07, 6.45) is 1.58. The van der Waals surface area contributed by atoms with Crippen molar-refractivity contribution in [2.45, 2.75) is 16.9 Å². The van der Waals surface area contributed by atoms with Gasteiger partial charge in [-0.25, -0.2) is 0 Å². The van der Waals surface area contributed by atoms with E-state index in [1.165, 1.54) is 11.8 Å². The summed E-state index contributed by atoms with van der Waals surface area (Å²) in [5, 5.41) is 8.91. The summed E-state index contributed by atoms with van der Waals surface area (Å²) in [4.78, 5) is 1.06. The fourth-order valence-corrected chi connectivity index (χ4v) is 2.53. The van der Waals surface area contributed by atoms with Gasteiger partial charge >= 0.3 is 0 Å². The summed E-state index contributed by atoms with van der Waals surface area (Å²) in [6.45, 7) is 2.72. The van der Waals surface area contributed by atoms with Crippen molar-refractivity contribution >= 4 is 46.9 Å². The normalized spacial score (nSPS) is 10.8. The largest absolute Gasteiger partial charge is 0.448 e. The Kier molecular flexibility index (Phi) is 6.10. The number of furan rings is 1. The van der Waals surface area contributed by atoms with Gasteiger partial charge in [-0.3, -0.25) is 5.43 Å². The number of nitrogens with one attached hydrogen (secondary N) is 2. The Bertz CT molecular complexity index is 625. The standard InChI is InChI=1S/C14H14ClN3OS2/c1-2-16-14(20)18-17-9-11-5-8-13(19-11)21-12-6-3-10(15)4-7-12/h3-9H,2H2,1H3,(H2,16,18,20)/b17-9-. The number of rotatable bonds is 5. The zero-order valence-corrected chi connectivity index (χ0v) is 13.7. The number of thiocarbonyl (C=S) groups is 1. The van der Waals surface area contributed by atoms with Gasteiger partial charge in [-0.1, -0.05) is 23.4 Å². The van der Waals surface area contributed by atoms with Crippen molar-refractivity contribution in [3.63, 3.8) is 0 Å². The van der Waals surface area contributed by atoms with E-state index in [-0.39, 0.29) is 0 Å². The van der Waals surface area contributed by atoms with Crippen LogP contribution in [0.5, 0.6) is 0 Å². The third kappa shape index (κ3) is 5.41. The number of hydrogen-bond acceptors (Lipinski definition) is 4. The van der Waals surface area contributed by atoms with Gasteiger partial charge in [-0.2, -0.15) is 5.10 Å². The molecule has 0 saturated carbocycles. The summed E-state index contributed by atoms with van der Waals surface area (Å²) < 4.78 is 5.64. The summed E-state index contributed by atoms with van der Waals surface area (Å²) in [7, 11) is 0. The molecule has 0 aliphatic carbocycles. The molecule has 21 heavy (non-hydrogen) atoms. The SMILES string of the molecule is CCNC(=S)N/N=C\c1ccc(Sc2ccc(Cl)cc2)o1. The van der Waals surface area contributed by atoms with Gasteiger partial charge in [0.05, 0.1) is 6.21 Å². The van der Waals surface area contributed by atoms with Gasteiger partial charge in [0, 0.05) is 16.5 Å². The van der Waals surface area contributed by atoms with Gasteiger partial charge in [0.1, 0.15) is 5.76 Å². The molecular weight excluding hydrogens is 326 g/mol. The zero-order valence-electron chi connectivity index (χ0n) is 11.3. The molecular formula is C14H14ClN3OS2. The maximum Gasteiger partial charge on any atom is 0.186 e. The molecule has 1 heterocycles. The van der Waals surface area contributed by atoms with Crippen LogP contribution >= 0.6 is 35.6 Å². The van der Waals surface area contributed by atoms with Gasteiger partial charge < -0.3 is 9.73 Å². The van der Waals surface area contributed by atoms with E-state index >= 15 is 0 Å². The Morgan fingerprint density at radius 1 is 1.33 bits per heavy atom. The molecule has 0 atom stereocenters. The van der Waals surface area contributed by atoms with Crippen LogP contribution in [0.25, 0.3) is 0 Å². The number of nitrogens with zero attached hydrogens (tertiary/aromatic N) is 1. The predicted molar refractivity (Wildman–Crippen MR) is 91.3 cm³/mol. The van der Waals surface area contributed by atoms with Crippen LogP contribution in [0, 0.1) is 0 Å². The zero-order chi connectivity index (χ0) is 15.1. The molecule has 110 valence electrons. The van der Waals surface area contributed by atoms with E-state index in [9.17, 15) is 0 Å². The fourth-order valence-electron chi connectivity index (χ4n) is 1.43. The average Bonchev–Trinajstić information content (AvgIpc) is 2.89. The second kappa shape index (κ2) is 8.07. The molecule has 0 fully saturated rings. The highest BCUT2D eigenvalue weighted by Gasteiger charge is 2.03. The lowest BCUT2D eigenvalue weighted by Crippen LogP contribution is -2.31. The Morgan fingerprint density at radius 3 is 2.81 bits per heavy atom. The summed E-state index contributed by atoms with van der Waals surface area (Å²) in [5.41, 5.74) is 2.71. The van der Waals surface area contributed by atoms with Gasteiger partial charge in [0.25, 0.3) is 0 Å². The molecule has 0 radical (unpaired) electrons. The molecule has 4 nitrogen and oxygen atoms in total. The topological polar surface area (TPSA) is 49.6 Å². The lowest BCUT2D eigenvalue weighted by molar-refractivity contribution is 0.469. The molecule has 1 aromatic heterocycles. The number of hydrazone groups is 1. The maximum absolute atomic E-state index is 5.85. The molecule has 0 amide bonds. The van der Waals surface area contributed by atoms with Crippen LogP contribution in [0.1, 0.15) is 12.7 Å². The number of halogens is 1. The van der Waals surface area contributed by atoms with Gasteiger partial charge in [-0.05, 0) is 55.5 Å². The van der Waals surface area contributed by atoms with Crippen molar-refractivity contribution in [3.05, 3.63) is 47.2 Å². The minimum Gasteiger partial charge on any atom is -0.448 e. The highest BCUT2D eigenvalue weighted by molar-refractivity contribution is 7.99. The maximum atomic E-state index is 5.85. The summed E-state index contributed by atoms with van der Waals surface area (Å²) >= 11 is 12.4. The molecule has 0 aliphatic rings. The Hall–Kier alpha value is -1.50. The number of benzene rings is 1. The van der Waals surface area contributed by atoms with E-state index in [0.717, 1.165) is 16.5 Å². The Labute approximate surface area is 137 Å². The Balaban J connectivity index is 1.90. The smallest absolute Gasteiger partial charge is 0.186 e. The van der Waals surface area contributed by atoms with Crippen molar-refractivity contribution in [1.29, 1.82) is 0 Å². The first-order valence-electron chi connectivity index (χ1n) is 6.27. The molecule has 2 rings (SSSR count). The molecule has 7 heteroatoms. The minimum atomic E-state index is 0.482. The van der Waals surface area contributed by atoms with Crippen LogP contribution in [-0.4, -0.2) is 17.9 Å². The van der Waals surface area contributed by atoms with Gasteiger partial charge in [0.15, 0.2) is 10.2 Å². The van der Waals surface area contributed by atoms with Crippen LogP contribution in [0.3, 0.4) is 0 Å². The third-order valence-electron chi connectivity index (χ3n) is 2.33. The second-order valence-corrected chi connectivity index (χ2v) is 5.86. The number of hydrogen-bond donors (Lipinski definition) is 2. The quantitative estimate of drug-likeness (QED) is 0.491. The predicted octanol–water partition coefficient (Wildman–Crippen LogP) is 3.90. The lowest BCUT2D eigenvalue weighted by atomic mass is 10.4. The first-order valence-corrected chi connectivity index (χ1v) is 7.88. The fraction of sp³-hybridized carbons (Fsp3) is 0.143. The van der Waals surface area contributed by atoms with Crippen LogP contribution in [-0.2, 0) is 0 Å². The Morgan fingerprint density at radius 2 is 2.10 bits per heavy atom. The van der Waals surface area contributed by atoms with Crippen molar-refractivity contribution in [2.24, 2.45) is 5.10 Å². The lowest BCUT2D eigenvalue weighted by Gasteiger charge is -2.01. The molecule has 0 spiro atoms. The first-order chi connectivity index (χ1) is 10.2. The summed E-state index contributed by atoms with van der Waals surface area (Å²) in [6, 6.07) is 11.3. The monoisotopic (exact) mass is 339 g/mol. The highest BCUT2D eigenvalue weighted by Crippen LogP contribution is 2.29. The van der Waals surface area contributed by atoms with Crippen LogP contribution in [0.15, 0.2) is 55.9 Å². The van der Waals surface area contributed by atoms with E-state index in [2.05, 4.69) is 15.8 Å². The molecule has 1 aromatic carbocycles. The molecule has 0 saturated heterocycles. The molecule has 2 aromatic rings. The third-order valence-corrected chi connectivity index (χ3v) is 3.75. The first kappa shape index (κ1) is 15.9. The van der Waals surface area contributed by atoms with Crippen LogP contribution < -0.4 is 10.7 Å². The average molecular weight is 340 g/mol. The molecule has 0 aliphatic heterocycles. The minimum absolute atomic E-state index is 0.482.